The Hall–Kier alpha value is -2.71. The number of alkyl halides is 3. The zero-order valence-corrected chi connectivity index (χ0v) is 16.9. The molecule has 1 aromatic heterocycles. The van der Waals surface area contributed by atoms with Gasteiger partial charge in [-0.1, -0.05) is 23.7 Å². The first-order valence-corrected chi connectivity index (χ1v) is 9.74. The van der Waals surface area contributed by atoms with E-state index in [-0.39, 0.29) is 5.75 Å². The van der Waals surface area contributed by atoms with E-state index in [4.69, 9.17) is 21.1 Å². The summed E-state index contributed by atoms with van der Waals surface area (Å²) < 4.78 is 51.9. The molecule has 4 rings (SSSR count). The van der Waals surface area contributed by atoms with Gasteiger partial charge in [-0.05, 0) is 48.9 Å². The van der Waals surface area contributed by atoms with Gasteiger partial charge in [0.25, 0.3) is 0 Å². The smallest absolute Gasteiger partial charge is 0.416 e. The molecule has 2 heterocycles. The maximum absolute atomic E-state index is 12.8. The van der Waals surface area contributed by atoms with Gasteiger partial charge in [-0.25, -0.2) is 0 Å². The van der Waals surface area contributed by atoms with Crippen LogP contribution in [0.5, 0.6) is 11.8 Å². The molecule has 158 valence electrons. The van der Waals surface area contributed by atoms with Crippen molar-refractivity contribution in [2.75, 3.05) is 18.2 Å². The number of imidazole rings is 1. The van der Waals surface area contributed by atoms with E-state index in [9.17, 15) is 13.2 Å². The normalized spacial score (nSPS) is 14.0. The number of ether oxygens (including phenoxy) is 2. The number of halogens is 4. The minimum absolute atomic E-state index is 0.270. The summed E-state index contributed by atoms with van der Waals surface area (Å²) in [6.45, 7) is 3.93. The molecule has 0 saturated heterocycles. The van der Waals surface area contributed by atoms with Crippen molar-refractivity contribution < 1.29 is 22.6 Å². The number of hydrogen-bond donors (Lipinski definition) is 0. The van der Waals surface area contributed by atoms with Crippen molar-refractivity contribution in [2.24, 2.45) is 0 Å². The van der Waals surface area contributed by atoms with Crippen molar-refractivity contribution in [3.63, 3.8) is 0 Å². The van der Waals surface area contributed by atoms with Crippen LogP contribution >= 0.6 is 11.6 Å². The Labute approximate surface area is 176 Å². The Morgan fingerprint density at radius 3 is 2.43 bits per heavy atom. The summed E-state index contributed by atoms with van der Waals surface area (Å²) in [7, 11) is 0. The standard InChI is InChI=1S/C21H19ClF3N3O2/c1-2-27-13-29-12-18-19(27)26-20(28(18)11-14-3-7-16(22)8-4-14)30-17-9-5-15(6-10-17)21(23,24)25/h3-10H,2,11-13H2,1H3. The third kappa shape index (κ3) is 4.24. The lowest BCUT2D eigenvalue weighted by Crippen LogP contribution is -2.31. The third-order valence-electron chi connectivity index (χ3n) is 4.83. The summed E-state index contributed by atoms with van der Waals surface area (Å²) in [5, 5.41) is 0.633. The van der Waals surface area contributed by atoms with Crippen LogP contribution in [0.25, 0.3) is 0 Å². The third-order valence-corrected chi connectivity index (χ3v) is 5.08. The van der Waals surface area contributed by atoms with E-state index < -0.39 is 11.7 Å². The summed E-state index contributed by atoms with van der Waals surface area (Å²) in [5.41, 5.74) is 1.09. The first kappa shape index (κ1) is 20.6. The maximum Gasteiger partial charge on any atom is 0.416 e. The van der Waals surface area contributed by atoms with Gasteiger partial charge in [0.2, 0.25) is 0 Å². The maximum atomic E-state index is 12.8. The highest BCUT2D eigenvalue weighted by atomic mass is 35.5. The first-order valence-electron chi connectivity index (χ1n) is 9.37. The zero-order chi connectivity index (χ0) is 21.3. The molecule has 0 fully saturated rings. The lowest BCUT2D eigenvalue weighted by molar-refractivity contribution is -0.137. The lowest BCUT2D eigenvalue weighted by Gasteiger charge is -2.26. The predicted molar refractivity (Wildman–Crippen MR) is 107 cm³/mol. The van der Waals surface area contributed by atoms with E-state index in [0.29, 0.717) is 37.5 Å². The topological polar surface area (TPSA) is 39.5 Å². The SMILES string of the molecule is CCN1COCc2c1nc(Oc1ccc(C(F)(F)F)cc1)n2Cc1ccc(Cl)cc1. The Morgan fingerprint density at radius 1 is 1.10 bits per heavy atom. The van der Waals surface area contributed by atoms with Crippen molar-refractivity contribution in [2.45, 2.75) is 26.3 Å². The highest BCUT2D eigenvalue weighted by molar-refractivity contribution is 6.30. The van der Waals surface area contributed by atoms with E-state index in [2.05, 4.69) is 4.98 Å². The molecule has 30 heavy (non-hydrogen) atoms. The van der Waals surface area contributed by atoms with E-state index in [1.807, 2.05) is 28.5 Å². The number of anilines is 1. The van der Waals surface area contributed by atoms with Gasteiger partial charge >= 0.3 is 12.2 Å². The van der Waals surface area contributed by atoms with Crippen LogP contribution in [0.4, 0.5) is 19.0 Å². The second kappa shape index (κ2) is 8.20. The van der Waals surface area contributed by atoms with Gasteiger partial charge in [-0.3, -0.25) is 4.57 Å². The van der Waals surface area contributed by atoms with Gasteiger partial charge in [0.1, 0.15) is 12.5 Å². The number of fused-ring (bicyclic) bond motifs is 1. The number of aromatic nitrogens is 2. The molecule has 5 nitrogen and oxygen atoms in total. The summed E-state index contributed by atoms with van der Waals surface area (Å²) in [5.74, 6) is 1.02. The summed E-state index contributed by atoms with van der Waals surface area (Å²) in [6, 6.07) is 12.2. The minimum atomic E-state index is -4.40. The van der Waals surface area contributed by atoms with Crippen LogP contribution < -0.4 is 9.64 Å². The van der Waals surface area contributed by atoms with Crippen LogP contribution in [0, 0.1) is 0 Å². The van der Waals surface area contributed by atoms with Crippen molar-refractivity contribution in [1.82, 2.24) is 9.55 Å². The molecule has 0 aliphatic carbocycles. The van der Waals surface area contributed by atoms with E-state index in [1.165, 1.54) is 12.1 Å². The monoisotopic (exact) mass is 437 g/mol. The van der Waals surface area contributed by atoms with Crippen LogP contribution in [0.1, 0.15) is 23.7 Å². The van der Waals surface area contributed by atoms with Crippen molar-refractivity contribution in [3.8, 4) is 11.8 Å². The molecule has 1 aliphatic heterocycles. The zero-order valence-electron chi connectivity index (χ0n) is 16.1. The fraction of sp³-hybridized carbons (Fsp3) is 0.286. The largest absolute Gasteiger partial charge is 0.425 e. The highest BCUT2D eigenvalue weighted by Crippen LogP contribution is 2.34. The van der Waals surface area contributed by atoms with Crippen LogP contribution in [0.2, 0.25) is 5.02 Å². The van der Waals surface area contributed by atoms with Crippen molar-refractivity contribution in [3.05, 3.63) is 70.4 Å². The van der Waals surface area contributed by atoms with Crippen LogP contribution in [-0.2, 0) is 24.1 Å². The average Bonchev–Trinajstić information content (AvgIpc) is 3.06. The molecule has 0 saturated carbocycles. The molecular formula is C21H19ClF3N3O2. The number of nitrogens with zero attached hydrogens (tertiary/aromatic N) is 3. The Bertz CT molecular complexity index is 1020. The highest BCUT2D eigenvalue weighted by Gasteiger charge is 2.30. The number of benzene rings is 2. The van der Waals surface area contributed by atoms with Crippen LogP contribution in [-0.4, -0.2) is 22.8 Å². The average molecular weight is 438 g/mol. The summed E-state index contributed by atoms with van der Waals surface area (Å²) in [4.78, 5) is 6.59. The summed E-state index contributed by atoms with van der Waals surface area (Å²) in [6.07, 6.45) is -4.40. The van der Waals surface area contributed by atoms with Gasteiger partial charge in [-0.2, -0.15) is 18.2 Å². The second-order valence-electron chi connectivity index (χ2n) is 6.84. The van der Waals surface area contributed by atoms with Crippen LogP contribution in [0.3, 0.4) is 0 Å². The fourth-order valence-corrected chi connectivity index (χ4v) is 3.36. The Balaban J connectivity index is 1.69. The van der Waals surface area contributed by atoms with Gasteiger partial charge in [0.05, 0.1) is 24.4 Å². The van der Waals surface area contributed by atoms with Crippen molar-refractivity contribution in [1.29, 1.82) is 0 Å². The lowest BCUT2D eigenvalue weighted by atomic mass is 10.2. The molecule has 1 aliphatic rings. The minimum Gasteiger partial charge on any atom is -0.425 e. The molecule has 0 atom stereocenters. The molecule has 0 N–H and O–H groups in total. The van der Waals surface area contributed by atoms with E-state index >= 15 is 0 Å². The number of hydrogen-bond acceptors (Lipinski definition) is 4. The van der Waals surface area contributed by atoms with Gasteiger partial charge in [0, 0.05) is 11.6 Å². The molecule has 0 radical (unpaired) electrons. The van der Waals surface area contributed by atoms with Crippen LogP contribution in [0.15, 0.2) is 48.5 Å². The van der Waals surface area contributed by atoms with Gasteiger partial charge in [-0.15, -0.1) is 0 Å². The molecular weight excluding hydrogens is 419 g/mol. The second-order valence-corrected chi connectivity index (χ2v) is 7.27. The Kier molecular flexibility index (Phi) is 5.62. The van der Waals surface area contributed by atoms with E-state index in [1.54, 1.807) is 12.1 Å². The quantitative estimate of drug-likeness (QED) is 0.512. The van der Waals surface area contributed by atoms with Crippen molar-refractivity contribution >= 4 is 17.4 Å². The molecule has 0 amide bonds. The molecule has 0 spiro atoms. The predicted octanol–water partition coefficient (Wildman–Crippen LogP) is 5.71. The Morgan fingerprint density at radius 2 is 1.80 bits per heavy atom. The molecule has 9 heteroatoms. The summed E-state index contributed by atoms with van der Waals surface area (Å²) >= 11 is 5.98. The molecule has 3 aromatic rings. The molecule has 0 unspecified atom stereocenters. The number of rotatable bonds is 5. The molecule has 0 bridgehead atoms. The molecule has 2 aromatic carbocycles. The van der Waals surface area contributed by atoms with Gasteiger partial charge in [0.15, 0.2) is 5.82 Å². The van der Waals surface area contributed by atoms with E-state index in [0.717, 1.165) is 29.2 Å². The first-order chi connectivity index (χ1) is 14.3. The van der Waals surface area contributed by atoms with Gasteiger partial charge < -0.3 is 14.4 Å². The fourth-order valence-electron chi connectivity index (χ4n) is 3.23.